The molecule has 6 nitrogen and oxygen atoms in total. The first-order valence-corrected chi connectivity index (χ1v) is 10.9. The molecule has 0 spiro atoms. The summed E-state index contributed by atoms with van der Waals surface area (Å²) in [7, 11) is -3.64. The molecule has 1 aromatic heterocycles. The number of sulfonamides is 1. The van der Waals surface area contributed by atoms with Crippen LogP contribution in [0.5, 0.6) is 0 Å². The number of hydrogen-bond donors (Lipinski definition) is 2. The van der Waals surface area contributed by atoms with Crippen LogP contribution >= 0.6 is 11.3 Å². The number of benzene rings is 1. The van der Waals surface area contributed by atoms with Crippen LogP contribution in [0, 0.1) is 5.92 Å². The van der Waals surface area contributed by atoms with Crippen molar-refractivity contribution in [2.24, 2.45) is 5.92 Å². The Morgan fingerprint density at radius 3 is 2.81 bits per heavy atom. The summed E-state index contributed by atoms with van der Waals surface area (Å²) < 4.78 is 27.7. The second-order valence-corrected chi connectivity index (χ2v) is 9.51. The van der Waals surface area contributed by atoms with E-state index in [1.807, 2.05) is 16.8 Å². The van der Waals surface area contributed by atoms with Gasteiger partial charge in [-0.1, -0.05) is 0 Å². The molecule has 0 bridgehead atoms. The second-order valence-electron chi connectivity index (χ2n) is 6.79. The molecule has 1 saturated heterocycles. The number of aryl methyl sites for hydroxylation is 1. The largest absolute Gasteiger partial charge is 0.396 e. The number of hydrogen-bond acceptors (Lipinski definition) is 5. The van der Waals surface area contributed by atoms with Crippen molar-refractivity contribution in [3.05, 3.63) is 46.2 Å². The van der Waals surface area contributed by atoms with E-state index in [0.717, 1.165) is 11.1 Å². The molecule has 1 fully saturated rings. The number of nitrogens with one attached hydrogen (secondary N) is 1. The number of aliphatic hydroxyl groups is 1. The van der Waals surface area contributed by atoms with Crippen LogP contribution in [0.4, 0.5) is 5.69 Å². The summed E-state index contributed by atoms with van der Waals surface area (Å²) in [4.78, 5) is 11.7. The zero-order valence-corrected chi connectivity index (χ0v) is 15.7. The molecule has 1 amide bonds. The zero-order chi connectivity index (χ0) is 18.3. The minimum Gasteiger partial charge on any atom is -0.396 e. The molecule has 2 N–H and O–H groups in total. The van der Waals surface area contributed by atoms with Gasteiger partial charge in [-0.15, -0.1) is 0 Å². The molecule has 3 heterocycles. The number of nitrogens with zero attached hydrogens (tertiary/aromatic N) is 1. The van der Waals surface area contributed by atoms with E-state index in [2.05, 4.69) is 5.32 Å². The van der Waals surface area contributed by atoms with Gasteiger partial charge in [-0.2, -0.15) is 15.6 Å². The molecular weight excluding hydrogens is 372 g/mol. The van der Waals surface area contributed by atoms with Gasteiger partial charge in [0.05, 0.1) is 4.90 Å². The van der Waals surface area contributed by atoms with Crippen LogP contribution in [-0.4, -0.2) is 43.4 Å². The maximum Gasteiger partial charge on any atom is 0.243 e. The summed E-state index contributed by atoms with van der Waals surface area (Å²) in [5, 5.41) is 16.5. The van der Waals surface area contributed by atoms with Crippen molar-refractivity contribution in [3.8, 4) is 0 Å². The maximum atomic E-state index is 13.1. The topological polar surface area (TPSA) is 86.7 Å². The Kier molecular flexibility index (Phi) is 4.60. The normalized spacial score (nSPS) is 23.7. The third kappa shape index (κ3) is 3.07. The van der Waals surface area contributed by atoms with Crippen molar-refractivity contribution < 1.29 is 18.3 Å². The molecule has 0 aliphatic carbocycles. The first-order chi connectivity index (χ1) is 12.5. The van der Waals surface area contributed by atoms with Crippen molar-refractivity contribution in [2.45, 2.75) is 23.7 Å². The number of fused-ring (bicyclic) bond motifs is 1. The molecule has 0 saturated carbocycles. The lowest BCUT2D eigenvalue weighted by Crippen LogP contribution is -2.30. The Bertz CT molecular complexity index is 925. The fourth-order valence-corrected chi connectivity index (χ4v) is 6.04. The van der Waals surface area contributed by atoms with E-state index >= 15 is 0 Å². The van der Waals surface area contributed by atoms with E-state index in [1.54, 1.807) is 29.5 Å². The predicted octanol–water partition coefficient (Wildman–Crippen LogP) is 2.03. The van der Waals surface area contributed by atoms with Gasteiger partial charge in [0.25, 0.3) is 0 Å². The lowest BCUT2D eigenvalue weighted by molar-refractivity contribution is -0.116. The van der Waals surface area contributed by atoms with E-state index < -0.39 is 10.0 Å². The highest BCUT2D eigenvalue weighted by atomic mass is 32.2. The number of thiophene rings is 1. The quantitative estimate of drug-likeness (QED) is 0.834. The molecule has 2 aliphatic heterocycles. The van der Waals surface area contributed by atoms with Crippen LogP contribution in [-0.2, 0) is 21.2 Å². The second kappa shape index (κ2) is 6.77. The molecule has 8 heteroatoms. The van der Waals surface area contributed by atoms with Gasteiger partial charge in [-0.25, -0.2) is 8.42 Å². The summed E-state index contributed by atoms with van der Waals surface area (Å²) in [5.74, 6) is -0.133. The average molecular weight is 393 g/mol. The molecule has 4 rings (SSSR count). The van der Waals surface area contributed by atoms with Gasteiger partial charge in [0, 0.05) is 43.6 Å². The van der Waals surface area contributed by atoms with Gasteiger partial charge in [0.2, 0.25) is 15.9 Å². The Hall–Kier alpha value is -1.74. The van der Waals surface area contributed by atoms with E-state index in [1.165, 1.54) is 4.31 Å². The summed E-state index contributed by atoms with van der Waals surface area (Å²) in [6, 6.07) is 6.87. The van der Waals surface area contributed by atoms with Gasteiger partial charge in [-0.05, 0) is 52.6 Å². The van der Waals surface area contributed by atoms with Crippen LogP contribution in [0.1, 0.15) is 23.5 Å². The van der Waals surface area contributed by atoms with Gasteiger partial charge < -0.3 is 10.4 Å². The Morgan fingerprint density at radius 2 is 2.08 bits per heavy atom. The Morgan fingerprint density at radius 1 is 1.23 bits per heavy atom. The molecule has 26 heavy (non-hydrogen) atoms. The lowest BCUT2D eigenvalue weighted by atomic mass is 9.92. The van der Waals surface area contributed by atoms with Crippen LogP contribution in [0.2, 0.25) is 0 Å². The zero-order valence-electron chi connectivity index (χ0n) is 14.1. The molecule has 2 atom stereocenters. The fraction of sp³-hybridized carbons (Fsp3) is 0.389. The minimum atomic E-state index is -3.64. The Balaban J connectivity index is 1.62. The molecule has 0 radical (unpaired) electrons. The molecule has 138 valence electrons. The summed E-state index contributed by atoms with van der Waals surface area (Å²) >= 11 is 1.58. The average Bonchev–Trinajstić information content (AvgIpc) is 3.30. The summed E-state index contributed by atoms with van der Waals surface area (Å²) in [6.07, 6.45) is 0.911. The summed E-state index contributed by atoms with van der Waals surface area (Å²) in [5.41, 5.74) is 2.61. The molecule has 1 aromatic carbocycles. The lowest BCUT2D eigenvalue weighted by Gasteiger charge is -2.20. The predicted molar refractivity (Wildman–Crippen MR) is 99.8 cm³/mol. The molecule has 2 unspecified atom stereocenters. The van der Waals surface area contributed by atoms with Crippen molar-refractivity contribution in [2.75, 3.05) is 25.0 Å². The van der Waals surface area contributed by atoms with E-state index in [9.17, 15) is 18.3 Å². The first-order valence-electron chi connectivity index (χ1n) is 8.55. The summed E-state index contributed by atoms with van der Waals surface area (Å²) in [6.45, 7) is 0.647. The van der Waals surface area contributed by atoms with Crippen molar-refractivity contribution in [1.29, 1.82) is 0 Å². The molecule has 2 aromatic rings. The van der Waals surface area contributed by atoms with Crippen LogP contribution < -0.4 is 5.32 Å². The monoisotopic (exact) mass is 392 g/mol. The minimum absolute atomic E-state index is 0.0120. The van der Waals surface area contributed by atoms with Crippen molar-refractivity contribution in [1.82, 2.24) is 4.31 Å². The third-order valence-corrected chi connectivity index (χ3v) is 7.75. The number of carbonyl (C=O) groups is 1. The highest BCUT2D eigenvalue weighted by molar-refractivity contribution is 7.89. The number of amides is 1. The number of aliphatic hydroxyl groups excluding tert-OH is 1. The smallest absolute Gasteiger partial charge is 0.243 e. The first kappa shape index (κ1) is 17.7. The van der Waals surface area contributed by atoms with E-state index in [-0.39, 0.29) is 29.2 Å². The van der Waals surface area contributed by atoms with Crippen LogP contribution in [0.25, 0.3) is 0 Å². The van der Waals surface area contributed by atoms with Crippen LogP contribution in [0.15, 0.2) is 39.9 Å². The highest BCUT2D eigenvalue weighted by Gasteiger charge is 2.40. The van der Waals surface area contributed by atoms with E-state index in [4.69, 9.17) is 0 Å². The standard InChI is InChI=1S/C18H20N2O4S2/c21-10-14-8-20(9-16(14)13-5-6-25-11-13)26(23,24)15-2-3-17-12(7-15)1-4-18(22)19-17/h2-3,5-7,11,14,16,21H,1,4,8-10H2,(H,19,22). The molecule has 2 aliphatic rings. The van der Waals surface area contributed by atoms with Crippen molar-refractivity contribution in [3.63, 3.8) is 0 Å². The van der Waals surface area contributed by atoms with Gasteiger partial charge in [0.15, 0.2) is 0 Å². The van der Waals surface area contributed by atoms with Gasteiger partial charge in [-0.3, -0.25) is 4.79 Å². The van der Waals surface area contributed by atoms with Gasteiger partial charge in [0.1, 0.15) is 0 Å². The van der Waals surface area contributed by atoms with Gasteiger partial charge >= 0.3 is 0 Å². The SMILES string of the molecule is O=C1CCc2cc(S(=O)(=O)N3CC(CO)C(c4ccsc4)C3)ccc2N1. The number of rotatable bonds is 4. The maximum absolute atomic E-state index is 13.1. The van der Waals surface area contributed by atoms with Crippen molar-refractivity contribution >= 4 is 33.0 Å². The number of carbonyl (C=O) groups excluding carboxylic acids is 1. The molecular formula is C18H20N2O4S2. The highest BCUT2D eigenvalue weighted by Crippen LogP contribution is 2.37. The third-order valence-electron chi connectivity index (χ3n) is 5.22. The Labute approximate surface area is 156 Å². The van der Waals surface area contributed by atoms with E-state index in [0.29, 0.717) is 31.6 Å². The van der Waals surface area contributed by atoms with Crippen LogP contribution in [0.3, 0.4) is 0 Å². The number of anilines is 1. The fourth-order valence-electron chi connectivity index (χ4n) is 3.75.